The van der Waals surface area contributed by atoms with Gasteiger partial charge in [-0.15, -0.1) is 5.10 Å². The van der Waals surface area contributed by atoms with E-state index in [4.69, 9.17) is 15.2 Å². The second kappa shape index (κ2) is 8.98. The van der Waals surface area contributed by atoms with E-state index in [2.05, 4.69) is 20.8 Å². The Kier molecular flexibility index (Phi) is 6.42. The Bertz CT molecular complexity index is 803. The molecule has 1 aliphatic carbocycles. The maximum atomic E-state index is 11.7. The standard InChI is InChI=1S/C18H26N6O4/c1-27-15-8-3-11(9-14(15)25)17(20-13-6-4-12(19)5-7-13)18-21-22-23-24(18)10-16(26)28-2/h3,8-9,12-13,17,20,25H,4-7,10,19H2,1-2H3. The molecule has 3 rings (SSSR count). The second-order valence-corrected chi connectivity index (χ2v) is 6.91. The number of rotatable bonds is 7. The normalized spacial score (nSPS) is 20.5. The molecule has 1 atom stereocenters. The molecule has 10 heteroatoms. The highest BCUT2D eigenvalue weighted by Gasteiger charge is 2.28. The molecule has 152 valence electrons. The summed E-state index contributed by atoms with van der Waals surface area (Å²) < 4.78 is 11.3. The number of aromatic hydroxyl groups is 1. The zero-order chi connectivity index (χ0) is 20.1. The van der Waals surface area contributed by atoms with Crippen molar-refractivity contribution < 1.29 is 19.4 Å². The maximum Gasteiger partial charge on any atom is 0.327 e. The first-order chi connectivity index (χ1) is 13.5. The highest BCUT2D eigenvalue weighted by atomic mass is 16.5. The number of hydrogen-bond acceptors (Lipinski definition) is 9. The van der Waals surface area contributed by atoms with Crippen molar-refractivity contribution in [1.29, 1.82) is 0 Å². The lowest BCUT2D eigenvalue weighted by Crippen LogP contribution is -2.40. The second-order valence-electron chi connectivity index (χ2n) is 6.91. The van der Waals surface area contributed by atoms with Crippen LogP contribution in [-0.4, -0.2) is 57.6 Å². The number of methoxy groups -OCH3 is 2. The molecule has 2 aromatic rings. The van der Waals surface area contributed by atoms with E-state index in [1.54, 1.807) is 12.1 Å². The Labute approximate surface area is 163 Å². The zero-order valence-corrected chi connectivity index (χ0v) is 16.0. The van der Waals surface area contributed by atoms with Crippen molar-refractivity contribution in [2.24, 2.45) is 5.73 Å². The molecular formula is C18H26N6O4. The average Bonchev–Trinajstić information content (AvgIpc) is 3.15. The summed E-state index contributed by atoms with van der Waals surface area (Å²) in [6.45, 7) is -0.102. The fraction of sp³-hybridized carbons (Fsp3) is 0.556. The van der Waals surface area contributed by atoms with Crippen LogP contribution in [-0.2, 0) is 16.1 Å². The number of hydrogen-bond donors (Lipinski definition) is 3. The molecule has 1 saturated carbocycles. The van der Waals surface area contributed by atoms with Gasteiger partial charge in [-0.05, 0) is 53.8 Å². The van der Waals surface area contributed by atoms with Gasteiger partial charge in [-0.3, -0.25) is 4.79 Å². The molecule has 0 aliphatic heterocycles. The van der Waals surface area contributed by atoms with Gasteiger partial charge in [0.1, 0.15) is 6.54 Å². The third kappa shape index (κ3) is 4.57. The summed E-state index contributed by atoms with van der Waals surface area (Å²) in [5.41, 5.74) is 6.78. The van der Waals surface area contributed by atoms with E-state index in [1.807, 2.05) is 6.07 Å². The summed E-state index contributed by atoms with van der Waals surface area (Å²) in [7, 11) is 2.81. The number of ether oxygens (including phenoxy) is 2. The molecule has 0 spiro atoms. The van der Waals surface area contributed by atoms with Gasteiger partial charge in [-0.2, -0.15) is 0 Å². The molecule has 1 unspecified atom stereocenters. The highest BCUT2D eigenvalue weighted by Crippen LogP contribution is 2.32. The number of nitrogens with two attached hydrogens (primary N) is 1. The van der Waals surface area contributed by atoms with Crippen LogP contribution in [0.4, 0.5) is 0 Å². The van der Waals surface area contributed by atoms with E-state index < -0.39 is 12.0 Å². The van der Waals surface area contributed by atoms with Crippen molar-refractivity contribution in [2.75, 3.05) is 14.2 Å². The zero-order valence-electron chi connectivity index (χ0n) is 16.0. The van der Waals surface area contributed by atoms with Crippen molar-refractivity contribution in [1.82, 2.24) is 25.5 Å². The summed E-state index contributed by atoms with van der Waals surface area (Å²) in [6.07, 6.45) is 3.73. The number of nitrogens with one attached hydrogen (secondary N) is 1. The molecule has 1 heterocycles. The van der Waals surface area contributed by atoms with E-state index in [-0.39, 0.29) is 24.4 Å². The van der Waals surface area contributed by atoms with Crippen LogP contribution in [0, 0.1) is 0 Å². The Hall–Kier alpha value is -2.72. The molecule has 10 nitrogen and oxygen atoms in total. The summed E-state index contributed by atoms with van der Waals surface area (Å²) in [5, 5.41) is 25.6. The number of phenolic OH excluding ortho intramolecular Hbond substituents is 1. The summed E-state index contributed by atoms with van der Waals surface area (Å²) in [5.74, 6) is 0.406. The SMILES string of the molecule is COC(=O)Cn1nnnc1C(NC1CCC(N)CC1)c1ccc(OC)c(O)c1. The van der Waals surface area contributed by atoms with Crippen LogP contribution in [0.5, 0.6) is 11.5 Å². The highest BCUT2D eigenvalue weighted by molar-refractivity contribution is 5.68. The van der Waals surface area contributed by atoms with Crippen molar-refractivity contribution in [3.05, 3.63) is 29.6 Å². The van der Waals surface area contributed by atoms with E-state index in [9.17, 15) is 9.90 Å². The number of phenols is 1. The Morgan fingerprint density at radius 2 is 2.11 bits per heavy atom. The minimum Gasteiger partial charge on any atom is -0.504 e. The Morgan fingerprint density at radius 1 is 1.36 bits per heavy atom. The molecule has 1 fully saturated rings. The number of esters is 1. The van der Waals surface area contributed by atoms with Crippen LogP contribution < -0.4 is 15.8 Å². The molecule has 0 saturated heterocycles. The first-order valence-electron chi connectivity index (χ1n) is 9.23. The molecule has 4 N–H and O–H groups in total. The van der Waals surface area contributed by atoms with E-state index in [0.29, 0.717) is 11.6 Å². The fourth-order valence-corrected chi connectivity index (χ4v) is 3.45. The van der Waals surface area contributed by atoms with Gasteiger partial charge in [0.15, 0.2) is 17.3 Å². The topological polar surface area (TPSA) is 137 Å². The quantitative estimate of drug-likeness (QED) is 0.577. The predicted molar refractivity (Wildman–Crippen MR) is 99.7 cm³/mol. The number of nitrogens with zero attached hydrogens (tertiary/aromatic N) is 4. The number of tetrazole rings is 1. The maximum absolute atomic E-state index is 11.7. The minimum absolute atomic E-state index is 0.0180. The minimum atomic E-state index is -0.450. The van der Waals surface area contributed by atoms with Gasteiger partial charge >= 0.3 is 5.97 Å². The van der Waals surface area contributed by atoms with Crippen molar-refractivity contribution >= 4 is 5.97 Å². The van der Waals surface area contributed by atoms with Gasteiger partial charge in [0.2, 0.25) is 0 Å². The van der Waals surface area contributed by atoms with Gasteiger partial charge in [-0.1, -0.05) is 6.07 Å². The monoisotopic (exact) mass is 390 g/mol. The molecule has 0 radical (unpaired) electrons. The fourth-order valence-electron chi connectivity index (χ4n) is 3.45. The largest absolute Gasteiger partial charge is 0.504 e. The number of carbonyl (C=O) groups excluding carboxylic acids is 1. The van der Waals surface area contributed by atoms with Crippen molar-refractivity contribution in [3.63, 3.8) is 0 Å². The smallest absolute Gasteiger partial charge is 0.327 e. The molecule has 0 bridgehead atoms. The van der Waals surface area contributed by atoms with Gasteiger partial charge in [0.25, 0.3) is 0 Å². The van der Waals surface area contributed by atoms with Crippen LogP contribution in [0.2, 0.25) is 0 Å². The van der Waals surface area contributed by atoms with Crippen LogP contribution in [0.3, 0.4) is 0 Å². The summed E-state index contributed by atoms with van der Waals surface area (Å²) >= 11 is 0. The van der Waals surface area contributed by atoms with Crippen molar-refractivity contribution in [2.45, 2.75) is 50.4 Å². The molecule has 0 amide bonds. The van der Waals surface area contributed by atoms with E-state index in [1.165, 1.54) is 18.9 Å². The summed E-state index contributed by atoms with van der Waals surface area (Å²) in [6, 6.07) is 5.16. The number of carbonyl (C=O) groups is 1. The third-order valence-electron chi connectivity index (χ3n) is 5.03. The van der Waals surface area contributed by atoms with Crippen molar-refractivity contribution in [3.8, 4) is 11.5 Å². The number of benzene rings is 1. The lowest BCUT2D eigenvalue weighted by molar-refractivity contribution is -0.141. The molecule has 1 aromatic heterocycles. The van der Waals surface area contributed by atoms with Gasteiger partial charge in [0, 0.05) is 12.1 Å². The van der Waals surface area contributed by atoms with E-state index >= 15 is 0 Å². The Morgan fingerprint density at radius 3 is 2.75 bits per heavy atom. The molecular weight excluding hydrogens is 364 g/mol. The molecule has 1 aliphatic rings. The average molecular weight is 390 g/mol. The van der Waals surface area contributed by atoms with Crippen LogP contribution >= 0.6 is 0 Å². The first kappa shape index (κ1) is 20.0. The predicted octanol–water partition coefficient (Wildman–Crippen LogP) is 0.509. The van der Waals surface area contributed by atoms with Gasteiger partial charge < -0.3 is 25.6 Å². The van der Waals surface area contributed by atoms with Crippen LogP contribution in [0.25, 0.3) is 0 Å². The summed E-state index contributed by atoms with van der Waals surface area (Å²) in [4.78, 5) is 11.7. The van der Waals surface area contributed by atoms with Gasteiger partial charge in [-0.25, -0.2) is 4.68 Å². The Balaban J connectivity index is 1.92. The lowest BCUT2D eigenvalue weighted by Gasteiger charge is -2.30. The first-order valence-corrected chi connectivity index (χ1v) is 9.23. The van der Waals surface area contributed by atoms with Gasteiger partial charge in [0.05, 0.1) is 20.3 Å². The van der Waals surface area contributed by atoms with Crippen LogP contribution in [0.15, 0.2) is 18.2 Å². The number of aromatic nitrogens is 4. The molecule has 1 aromatic carbocycles. The van der Waals surface area contributed by atoms with Crippen LogP contribution in [0.1, 0.15) is 43.1 Å². The third-order valence-corrected chi connectivity index (χ3v) is 5.03. The molecule has 28 heavy (non-hydrogen) atoms. The van der Waals surface area contributed by atoms with E-state index in [0.717, 1.165) is 31.2 Å². The lowest BCUT2D eigenvalue weighted by atomic mass is 9.90.